The van der Waals surface area contributed by atoms with Gasteiger partial charge in [0.1, 0.15) is 0 Å². The van der Waals surface area contributed by atoms with Gasteiger partial charge in [-0.15, -0.1) is 0 Å². The first-order valence-corrected chi connectivity index (χ1v) is 6.89. The number of rotatable bonds is 8. The van der Waals surface area contributed by atoms with E-state index in [1.54, 1.807) is 25.3 Å². The van der Waals surface area contributed by atoms with E-state index in [1.165, 1.54) is 7.11 Å². The standard InChI is InChI=1S/C15H24N2O3/c1-5-17(6-2)11-10-16-15(18)12-8-7-9-13(19-3)14(12)20-4/h7-9H,5-6,10-11H2,1-4H3,(H,16,18). The van der Waals surface area contributed by atoms with Crippen LogP contribution in [0.4, 0.5) is 0 Å². The lowest BCUT2D eigenvalue weighted by Crippen LogP contribution is -2.34. The van der Waals surface area contributed by atoms with Crippen molar-refractivity contribution in [3.8, 4) is 11.5 Å². The molecule has 5 heteroatoms. The quantitative estimate of drug-likeness (QED) is 0.788. The minimum Gasteiger partial charge on any atom is -0.493 e. The Kier molecular flexibility index (Phi) is 6.87. The van der Waals surface area contributed by atoms with E-state index in [-0.39, 0.29) is 5.91 Å². The van der Waals surface area contributed by atoms with Gasteiger partial charge in [-0.3, -0.25) is 4.79 Å². The molecule has 20 heavy (non-hydrogen) atoms. The SMILES string of the molecule is CCN(CC)CCNC(=O)c1cccc(OC)c1OC. The molecule has 1 N–H and O–H groups in total. The van der Waals surface area contributed by atoms with E-state index in [0.717, 1.165) is 19.6 Å². The largest absolute Gasteiger partial charge is 0.493 e. The van der Waals surface area contributed by atoms with Crippen LogP contribution in [0.15, 0.2) is 18.2 Å². The predicted molar refractivity (Wildman–Crippen MR) is 79.7 cm³/mol. The van der Waals surface area contributed by atoms with Crippen molar-refractivity contribution >= 4 is 5.91 Å². The molecule has 0 aliphatic rings. The van der Waals surface area contributed by atoms with Crippen molar-refractivity contribution in [2.24, 2.45) is 0 Å². The number of benzene rings is 1. The first-order chi connectivity index (χ1) is 9.67. The Balaban J connectivity index is 2.68. The van der Waals surface area contributed by atoms with Gasteiger partial charge in [0.15, 0.2) is 11.5 Å². The Morgan fingerprint density at radius 2 is 1.90 bits per heavy atom. The number of methoxy groups -OCH3 is 2. The highest BCUT2D eigenvalue weighted by molar-refractivity contribution is 5.97. The maximum Gasteiger partial charge on any atom is 0.255 e. The zero-order valence-electron chi connectivity index (χ0n) is 12.7. The lowest BCUT2D eigenvalue weighted by Gasteiger charge is -2.18. The number of nitrogens with zero attached hydrogens (tertiary/aromatic N) is 1. The minimum absolute atomic E-state index is 0.145. The third-order valence-electron chi connectivity index (χ3n) is 3.26. The molecule has 1 aromatic carbocycles. The average molecular weight is 280 g/mol. The summed E-state index contributed by atoms with van der Waals surface area (Å²) in [5.41, 5.74) is 0.492. The molecule has 0 aliphatic heterocycles. The highest BCUT2D eigenvalue weighted by atomic mass is 16.5. The maximum absolute atomic E-state index is 12.2. The molecule has 0 unspecified atom stereocenters. The van der Waals surface area contributed by atoms with E-state index < -0.39 is 0 Å². The van der Waals surface area contributed by atoms with Crippen LogP contribution in [0.3, 0.4) is 0 Å². The Morgan fingerprint density at radius 3 is 2.45 bits per heavy atom. The number of carbonyl (C=O) groups is 1. The highest BCUT2D eigenvalue weighted by Crippen LogP contribution is 2.30. The molecule has 0 aromatic heterocycles. The number of carbonyl (C=O) groups excluding carboxylic acids is 1. The molecule has 1 rings (SSSR count). The number of likely N-dealkylation sites (N-methyl/N-ethyl adjacent to an activating group) is 1. The monoisotopic (exact) mass is 280 g/mol. The van der Waals surface area contributed by atoms with Crippen molar-refractivity contribution < 1.29 is 14.3 Å². The Labute approximate surface area is 120 Å². The Bertz CT molecular complexity index is 431. The number of nitrogens with one attached hydrogen (secondary N) is 1. The number of para-hydroxylation sites is 1. The zero-order valence-corrected chi connectivity index (χ0v) is 12.7. The van der Waals surface area contributed by atoms with Gasteiger partial charge in [0, 0.05) is 13.1 Å². The second kappa shape index (κ2) is 8.43. The van der Waals surface area contributed by atoms with E-state index >= 15 is 0 Å². The van der Waals surface area contributed by atoms with E-state index in [4.69, 9.17) is 9.47 Å². The van der Waals surface area contributed by atoms with E-state index in [9.17, 15) is 4.79 Å². The van der Waals surface area contributed by atoms with Gasteiger partial charge in [0.2, 0.25) is 0 Å². The molecular weight excluding hydrogens is 256 g/mol. The lowest BCUT2D eigenvalue weighted by molar-refractivity contribution is 0.0945. The summed E-state index contributed by atoms with van der Waals surface area (Å²) in [5, 5.41) is 2.91. The summed E-state index contributed by atoms with van der Waals surface area (Å²) in [6.07, 6.45) is 0. The van der Waals surface area contributed by atoms with Crippen molar-refractivity contribution in [3.05, 3.63) is 23.8 Å². The van der Waals surface area contributed by atoms with Crippen molar-refractivity contribution in [2.45, 2.75) is 13.8 Å². The van der Waals surface area contributed by atoms with Gasteiger partial charge in [0.05, 0.1) is 19.8 Å². The molecule has 0 saturated heterocycles. The van der Waals surface area contributed by atoms with Gasteiger partial charge < -0.3 is 19.7 Å². The second-order valence-corrected chi connectivity index (χ2v) is 4.32. The molecule has 0 aliphatic carbocycles. The predicted octanol–water partition coefficient (Wildman–Crippen LogP) is 1.78. The third kappa shape index (κ3) is 4.13. The zero-order chi connectivity index (χ0) is 15.0. The van der Waals surface area contributed by atoms with Crippen LogP contribution in [0.5, 0.6) is 11.5 Å². The van der Waals surface area contributed by atoms with E-state index in [1.807, 2.05) is 0 Å². The third-order valence-corrected chi connectivity index (χ3v) is 3.26. The molecule has 0 bridgehead atoms. The van der Waals surface area contributed by atoms with Gasteiger partial charge in [-0.05, 0) is 25.2 Å². The van der Waals surface area contributed by atoms with E-state index in [2.05, 4.69) is 24.1 Å². The summed E-state index contributed by atoms with van der Waals surface area (Å²) in [6.45, 7) is 7.63. The fourth-order valence-corrected chi connectivity index (χ4v) is 2.03. The van der Waals surface area contributed by atoms with Crippen LogP contribution < -0.4 is 14.8 Å². The summed E-state index contributed by atoms with van der Waals surface area (Å²) in [4.78, 5) is 14.4. The molecule has 0 saturated carbocycles. The minimum atomic E-state index is -0.145. The van der Waals surface area contributed by atoms with Crippen LogP contribution in [-0.4, -0.2) is 51.2 Å². The van der Waals surface area contributed by atoms with Crippen LogP contribution in [0.25, 0.3) is 0 Å². The number of amides is 1. The molecular formula is C15H24N2O3. The molecule has 0 spiro atoms. The Morgan fingerprint density at radius 1 is 1.20 bits per heavy atom. The molecule has 112 valence electrons. The van der Waals surface area contributed by atoms with Crippen molar-refractivity contribution in [2.75, 3.05) is 40.4 Å². The summed E-state index contributed by atoms with van der Waals surface area (Å²) in [6, 6.07) is 5.28. The van der Waals surface area contributed by atoms with Crippen molar-refractivity contribution in [3.63, 3.8) is 0 Å². The topological polar surface area (TPSA) is 50.8 Å². The fraction of sp³-hybridized carbons (Fsp3) is 0.533. The molecule has 1 aromatic rings. The summed E-state index contributed by atoms with van der Waals surface area (Å²) in [5.74, 6) is 0.882. The molecule has 0 atom stereocenters. The summed E-state index contributed by atoms with van der Waals surface area (Å²) >= 11 is 0. The number of ether oxygens (including phenoxy) is 2. The molecule has 0 fully saturated rings. The van der Waals surface area contributed by atoms with Crippen molar-refractivity contribution in [1.82, 2.24) is 10.2 Å². The van der Waals surface area contributed by atoms with Gasteiger partial charge >= 0.3 is 0 Å². The smallest absolute Gasteiger partial charge is 0.255 e. The van der Waals surface area contributed by atoms with Gasteiger partial charge in [0.25, 0.3) is 5.91 Å². The Hall–Kier alpha value is -1.75. The maximum atomic E-state index is 12.2. The fourth-order valence-electron chi connectivity index (χ4n) is 2.03. The van der Waals surface area contributed by atoms with Crippen molar-refractivity contribution in [1.29, 1.82) is 0 Å². The normalized spacial score (nSPS) is 10.4. The van der Waals surface area contributed by atoms with Gasteiger partial charge in [-0.2, -0.15) is 0 Å². The summed E-state index contributed by atoms with van der Waals surface area (Å²) in [7, 11) is 3.09. The first-order valence-electron chi connectivity index (χ1n) is 6.89. The summed E-state index contributed by atoms with van der Waals surface area (Å²) < 4.78 is 10.5. The lowest BCUT2D eigenvalue weighted by atomic mass is 10.1. The van der Waals surface area contributed by atoms with Gasteiger partial charge in [-0.1, -0.05) is 19.9 Å². The van der Waals surface area contributed by atoms with E-state index in [0.29, 0.717) is 23.6 Å². The second-order valence-electron chi connectivity index (χ2n) is 4.32. The van der Waals surface area contributed by atoms with Crippen LogP contribution in [-0.2, 0) is 0 Å². The van der Waals surface area contributed by atoms with Crippen LogP contribution in [0.2, 0.25) is 0 Å². The van der Waals surface area contributed by atoms with Crippen LogP contribution in [0, 0.1) is 0 Å². The number of hydrogen-bond donors (Lipinski definition) is 1. The molecule has 1 amide bonds. The van der Waals surface area contributed by atoms with Crippen LogP contribution >= 0.6 is 0 Å². The van der Waals surface area contributed by atoms with Crippen LogP contribution in [0.1, 0.15) is 24.2 Å². The highest BCUT2D eigenvalue weighted by Gasteiger charge is 2.15. The molecule has 0 heterocycles. The van der Waals surface area contributed by atoms with Gasteiger partial charge in [-0.25, -0.2) is 0 Å². The molecule has 5 nitrogen and oxygen atoms in total. The average Bonchev–Trinajstić information content (AvgIpc) is 2.50. The molecule has 0 radical (unpaired) electrons. The first kappa shape index (κ1) is 16.3. The number of hydrogen-bond acceptors (Lipinski definition) is 4.